The predicted octanol–water partition coefficient (Wildman–Crippen LogP) is 3.71. The van der Waals surface area contributed by atoms with Crippen molar-refractivity contribution >= 4 is 34.3 Å². The second kappa shape index (κ2) is 6.96. The number of aromatic nitrogens is 1. The van der Waals surface area contributed by atoms with Crippen LogP contribution in [0.3, 0.4) is 0 Å². The van der Waals surface area contributed by atoms with Crippen LogP contribution in [0.4, 0.5) is 23.7 Å². The van der Waals surface area contributed by atoms with Gasteiger partial charge in [0.2, 0.25) is 5.43 Å². The Balaban J connectivity index is 1.79. The van der Waals surface area contributed by atoms with Crippen molar-refractivity contribution < 1.29 is 22.7 Å². The molecule has 10 heteroatoms. The Morgan fingerprint density at radius 1 is 1.12 bits per heavy atom. The number of H-pyrrole nitrogens is 1. The van der Waals surface area contributed by atoms with Gasteiger partial charge in [0.05, 0.1) is 16.6 Å². The van der Waals surface area contributed by atoms with Gasteiger partial charge in [-0.1, -0.05) is 11.6 Å². The van der Waals surface area contributed by atoms with Crippen molar-refractivity contribution in [2.24, 2.45) is 0 Å². The molecule has 0 atom stereocenters. The molecule has 1 aromatic heterocycles. The fourth-order valence-electron chi connectivity index (χ4n) is 2.11. The Morgan fingerprint density at radius 2 is 1.81 bits per heavy atom. The van der Waals surface area contributed by atoms with Gasteiger partial charge in [0.1, 0.15) is 0 Å². The molecule has 0 spiro atoms. The van der Waals surface area contributed by atoms with E-state index >= 15 is 0 Å². The first-order valence-electron chi connectivity index (χ1n) is 7.05. The quantitative estimate of drug-likeness (QED) is 0.475. The maximum Gasteiger partial charge on any atom is 0.431 e. The predicted molar refractivity (Wildman–Crippen MR) is 88.7 cm³/mol. The molecule has 1 heterocycles. The standard InChI is InChI=1S/C16H9ClF3N3O3/c17-7-1-3-8(4-2-7)22-23-16(25)26-11-6-21-14-9(15(11)24)5-10(18)12(19)13(14)20/h1-6,22H,(H,21,24)(H,23,25). The molecule has 0 unspecified atom stereocenters. The molecule has 26 heavy (non-hydrogen) atoms. The van der Waals surface area contributed by atoms with E-state index in [1.165, 1.54) is 0 Å². The Hall–Kier alpha value is -3.20. The molecule has 3 rings (SSSR count). The van der Waals surface area contributed by atoms with E-state index < -0.39 is 45.6 Å². The number of pyridine rings is 1. The van der Waals surface area contributed by atoms with Crippen LogP contribution in [-0.2, 0) is 0 Å². The van der Waals surface area contributed by atoms with Crippen LogP contribution in [0.15, 0.2) is 41.3 Å². The lowest BCUT2D eigenvalue weighted by Crippen LogP contribution is -2.33. The highest BCUT2D eigenvalue weighted by Gasteiger charge is 2.18. The number of hydrogen-bond acceptors (Lipinski definition) is 4. The van der Waals surface area contributed by atoms with Gasteiger partial charge in [0.25, 0.3) is 0 Å². The van der Waals surface area contributed by atoms with Crippen molar-refractivity contribution in [1.82, 2.24) is 10.4 Å². The summed E-state index contributed by atoms with van der Waals surface area (Å²) in [5.74, 6) is -5.32. The third-order valence-corrected chi connectivity index (χ3v) is 3.59. The van der Waals surface area contributed by atoms with E-state index in [2.05, 4.69) is 15.8 Å². The smallest absolute Gasteiger partial charge is 0.403 e. The molecule has 134 valence electrons. The van der Waals surface area contributed by atoms with E-state index in [-0.39, 0.29) is 0 Å². The van der Waals surface area contributed by atoms with Gasteiger partial charge in [-0.05, 0) is 30.3 Å². The monoisotopic (exact) mass is 383 g/mol. The molecular formula is C16H9ClF3N3O3. The van der Waals surface area contributed by atoms with Crippen LogP contribution in [0.25, 0.3) is 10.9 Å². The summed E-state index contributed by atoms with van der Waals surface area (Å²) < 4.78 is 45.0. The summed E-state index contributed by atoms with van der Waals surface area (Å²) in [6, 6.07) is 6.82. The lowest BCUT2D eigenvalue weighted by molar-refractivity contribution is 0.202. The van der Waals surface area contributed by atoms with Crippen molar-refractivity contribution in [1.29, 1.82) is 0 Å². The SMILES string of the molecule is O=C(NNc1ccc(Cl)cc1)Oc1c[nH]c2c(F)c(F)c(F)cc2c1=O. The summed E-state index contributed by atoms with van der Waals surface area (Å²) in [7, 11) is 0. The highest BCUT2D eigenvalue weighted by molar-refractivity contribution is 6.30. The zero-order chi connectivity index (χ0) is 18.8. The molecule has 0 saturated carbocycles. The number of hydrogen-bond donors (Lipinski definition) is 3. The summed E-state index contributed by atoms with van der Waals surface area (Å²) in [6.45, 7) is 0. The maximum absolute atomic E-state index is 13.6. The Morgan fingerprint density at radius 3 is 2.50 bits per heavy atom. The topological polar surface area (TPSA) is 83.2 Å². The van der Waals surface area contributed by atoms with Gasteiger partial charge >= 0.3 is 6.09 Å². The third-order valence-electron chi connectivity index (χ3n) is 3.33. The van der Waals surface area contributed by atoms with Crippen molar-refractivity contribution in [3.63, 3.8) is 0 Å². The zero-order valence-electron chi connectivity index (χ0n) is 12.7. The summed E-state index contributed by atoms with van der Waals surface area (Å²) in [4.78, 5) is 26.2. The first-order chi connectivity index (χ1) is 12.4. The number of aromatic amines is 1. The van der Waals surface area contributed by atoms with Gasteiger partial charge in [0.15, 0.2) is 23.2 Å². The molecule has 3 N–H and O–H groups in total. The minimum atomic E-state index is -1.72. The van der Waals surface area contributed by atoms with Gasteiger partial charge in [-0.25, -0.2) is 23.4 Å². The molecule has 3 aromatic rings. The van der Waals surface area contributed by atoms with Crippen LogP contribution in [0, 0.1) is 17.5 Å². The lowest BCUT2D eigenvalue weighted by atomic mass is 10.2. The summed E-state index contributed by atoms with van der Waals surface area (Å²) in [5.41, 5.74) is 3.62. The number of carbonyl (C=O) groups excluding carboxylic acids is 1. The largest absolute Gasteiger partial charge is 0.431 e. The van der Waals surface area contributed by atoms with Crippen LogP contribution in [0.2, 0.25) is 5.02 Å². The van der Waals surface area contributed by atoms with E-state index in [9.17, 15) is 22.8 Å². The molecule has 0 bridgehead atoms. The number of amides is 1. The zero-order valence-corrected chi connectivity index (χ0v) is 13.5. The molecule has 6 nitrogen and oxygen atoms in total. The summed E-state index contributed by atoms with van der Waals surface area (Å²) >= 11 is 5.72. The molecule has 0 saturated heterocycles. The second-order valence-electron chi connectivity index (χ2n) is 5.04. The number of ether oxygens (including phenoxy) is 1. The van der Waals surface area contributed by atoms with E-state index in [4.69, 9.17) is 16.3 Å². The first-order valence-corrected chi connectivity index (χ1v) is 7.43. The number of fused-ring (bicyclic) bond motifs is 1. The molecule has 0 aliphatic carbocycles. The molecule has 0 radical (unpaired) electrons. The average Bonchev–Trinajstić information content (AvgIpc) is 2.62. The minimum absolute atomic E-state index is 0.485. The number of hydrazine groups is 1. The van der Waals surface area contributed by atoms with Gasteiger partial charge in [0, 0.05) is 11.2 Å². The highest BCUT2D eigenvalue weighted by atomic mass is 35.5. The van der Waals surface area contributed by atoms with Crippen molar-refractivity contribution in [3.05, 3.63) is 69.2 Å². The van der Waals surface area contributed by atoms with Gasteiger partial charge in [-0.3, -0.25) is 10.2 Å². The fraction of sp³-hybridized carbons (Fsp3) is 0. The summed E-state index contributed by atoms with van der Waals surface area (Å²) in [6.07, 6.45) is -0.194. The maximum atomic E-state index is 13.6. The normalized spacial score (nSPS) is 10.6. The Labute approximate surface area is 148 Å². The van der Waals surface area contributed by atoms with Crippen LogP contribution >= 0.6 is 11.6 Å². The minimum Gasteiger partial charge on any atom is -0.403 e. The highest BCUT2D eigenvalue weighted by Crippen LogP contribution is 2.20. The number of nitrogens with one attached hydrogen (secondary N) is 3. The lowest BCUT2D eigenvalue weighted by Gasteiger charge is -2.09. The summed E-state index contributed by atoms with van der Waals surface area (Å²) in [5, 5.41) is -0.00548. The average molecular weight is 384 g/mol. The Kier molecular flexibility index (Phi) is 4.72. The molecule has 0 aliphatic rings. The number of carbonyl (C=O) groups is 1. The van der Waals surface area contributed by atoms with E-state index in [0.29, 0.717) is 16.8 Å². The molecule has 1 amide bonds. The molecule has 2 aromatic carbocycles. The molecular weight excluding hydrogens is 375 g/mol. The van der Waals surface area contributed by atoms with Gasteiger partial charge in [-0.15, -0.1) is 0 Å². The van der Waals surface area contributed by atoms with Crippen LogP contribution in [0.1, 0.15) is 0 Å². The number of benzene rings is 2. The Bertz CT molecular complexity index is 1050. The van der Waals surface area contributed by atoms with Crippen LogP contribution in [-0.4, -0.2) is 11.1 Å². The van der Waals surface area contributed by atoms with E-state index in [1.54, 1.807) is 24.3 Å². The second-order valence-corrected chi connectivity index (χ2v) is 5.47. The molecule has 0 fully saturated rings. The first kappa shape index (κ1) is 17.6. The number of anilines is 1. The molecule has 0 aliphatic heterocycles. The van der Waals surface area contributed by atoms with Crippen LogP contribution in [0.5, 0.6) is 5.75 Å². The van der Waals surface area contributed by atoms with Gasteiger partial charge < -0.3 is 9.72 Å². The fourth-order valence-corrected chi connectivity index (χ4v) is 2.23. The van der Waals surface area contributed by atoms with Crippen molar-refractivity contribution in [2.45, 2.75) is 0 Å². The number of rotatable bonds is 3. The van der Waals surface area contributed by atoms with E-state index in [1.807, 2.05) is 0 Å². The van der Waals surface area contributed by atoms with Crippen LogP contribution < -0.4 is 21.0 Å². The third kappa shape index (κ3) is 3.42. The van der Waals surface area contributed by atoms with Crippen molar-refractivity contribution in [3.8, 4) is 5.75 Å². The van der Waals surface area contributed by atoms with Crippen molar-refractivity contribution in [2.75, 3.05) is 5.43 Å². The number of halogens is 4. The van der Waals surface area contributed by atoms with E-state index in [0.717, 1.165) is 6.20 Å². The van der Waals surface area contributed by atoms with Gasteiger partial charge in [-0.2, -0.15) is 0 Å².